The van der Waals surface area contributed by atoms with Gasteiger partial charge in [0.1, 0.15) is 19.3 Å². The van der Waals surface area contributed by atoms with Crippen LogP contribution in [0.15, 0.2) is 60.3 Å². The van der Waals surface area contributed by atoms with Crippen LogP contribution in [0.4, 0.5) is 0 Å². The minimum absolute atomic E-state index is 0.236. The van der Waals surface area contributed by atoms with Gasteiger partial charge in [-0.3, -0.25) is 4.68 Å². The Morgan fingerprint density at radius 2 is 2.15 bits per heavy atom. The largest absolute Gasteiger partial charge is 0.391 e. The molecule has 2 aromatic carbocycles. The van der Waals surface area contributed by atoms with Crippen molar-refractivity contribution >= 4 is 17.3 Å². The van der Waals surface area contributed by atoms with Crippen molar-refractivity contribution in [1.82, 2.24) is 14.8 Å². The smallest absolute Gasteiger partial charge is 0.142 e. The maximum atomic E-state index is 6.05. The van der Waals surface area contributed by atoms with E-state index in [9.17, 15) is 0 Å². The standard InChI is InChI=1S/C21H21ClN4O/c1-15-4-2-7-20-19(15)9-8-17(11-26-14-23-13-24-26)21(20)25-27-12-16-5-3-6-18(22)10-16/h2-7,10,13-14,17H,8-9,11-12H2,1H3/b25-21-. The first kappa shape index (κ1) is 17.7. The molecule has 5 nitrogen and oxygen atoms in total. The van der Waals surface area contributed by atoms with E-state index in [-0.39, 0.29) is 5.92 Å². The predicted octanol–water partition coefficient (Wildman–Crippen LogP) is 4.42. The monoisotopic (exact) mass is 380 g/mol. The van der Waals surface area contributed by atoms with Gasteiger partial charge in [0.2, 0.25) is 0 Å². The Morgan fingerprint density at radius 3 is 2.96 bits per heavy atom. The lowest BCUT2D eigenvalue weighted by Gasteiger charge is -2.27. The van der Waals surface area contributed by atoms with Crippen LogP contribution in [-0.4, -0.2) is 20.5 Å². The Hall–Kier alpha value is -2.66. The van der Waals surface area contributed by atoms with Gasteiger partial charge < -0.3 is 4.84 Å². The van der Waals surface area contributed by atoms with Crippen molar-refractivity contribution in [2.45, 2.75) is 32.9 Å². The van der Waals surface area contributed by atoms with Crippen LogP contribution in [0.5, 0.6) is 0 Å². The lowest BCUT2D eigenvalue weighted by Crippen LogP contribution is -2.28. The first-order valence-electron chi connectivity index (χ1n) is 9.06. The fraction of sp³-hybridized carbons (Fsp3) is 0.286. The van der Waals surface area contributed by atoms with Gasteiger partial charge in [0.25, 0.3) is 0 Å². The van der Waals surface area contributed by atoms with Gasteiger partial charge in [0.05, 0.1) is 12.3 Å². The average Bonchev–Trinajstić information content (AvgIpc) is 3.17. The summed E-state index contributed by atoms with van der Waals surface area (Å²) in [5, 5.41) is 9.52. The summed E-state index contributed by atoms with van der Waals surface area (Å²) in [5.74, 6) is 0.236. The van der Waals surface area contributed by atoms with Crippen LogP contribution in [0, 0.1) is 12.8 Å². The number of benzene rings is 2. The van der Waals surface area contributed by atoms with E-state index >= 15 is 0 Å². The number of rotatable bonds is 5. The van der Waals surface area contributed by atoms with E-state index in [0.717, 1.165) is 30.7 Å². The lowest BCUT2D eigenvalue weighted by atomic mass is 9.80. The minimum Gasteiger partial charge on any atom is -0.391 e. The molecule has 0 fully saturated rings. The maximum absolute atomic E-state index is 6.05. The Balaban J connectivity index is 1.60. The van der Waals surface area contributed by atoms with Crippen molar-refractivity contribution in [3.63, 3.8) is 0 Å². The molecule has 1 unspecified atom stereocenters. The average molecular weight is 381 g/mol. The minimum atomic E-state index is 0.236. The van der Waals surface area contributed by atoms with E-state index in [4.69, 9.17) is 16.4 Å². The predicted molar refractivity (Wildman–Crippen MR) is 106 cm³/mol. The summed E-state index contributed by atoms with van der Waals surface area (Å²) in [6, 6.07) is 14.0. The van der Waals surface area contributed by atoms with Gasteiger partial charge in [-0.05, 0) is 48.6 Å². The molecule has 0 radical (unpaired) electrons. The van der Waals surface area contributed by atoms with Gasteiger partial charge in [-0.15, -0.1) is 0 Å². The third-order valence-corrected chi connectivity index (χ3v) is 5.21. The van der Waals surface area contributed by atoms with Crippen molar-refractivity contribution in [2.24, 2.45) is 11.1 Å². The summed E-state index contributed by atoms with van der Waals surface area (Å²) in [4.78, 5) is 9.79. The Bertz CT molecular complexity index is 953. The van der Waals surface area contributed by atoms with E-state index in [1.807, 2.05) is 28.9 Å². The zero-order valence-electron chi connectivity index (χ0n) is 15.2. The molecule has 0 spiro atoms. The molecule has 0 saturated carbocycles. The highest BCUT2D eigenvalue weighted by Crippen LogP contribution is 2.29. The molecule has 0 bridgehead atoms. The summed E-state index contributed by atoms with van der Waals surface area (Å²) in [7, 11) is 0. The number of aromatic nitrogens is 3. The summed E-state index contributed by atoms with van der Waals surface area (Å²) in [6.45, 7) is 3.29. The van der Waals surface area contributed by atoms with Gasteiger partial charge in [-0.1, -0.05) is 47.1 Å². The molecule has 0 amide bonds. The van der Waals surface area contributed by atoms with Crippen molar-refractivity contribution in [2.75, 3.05) is 0 Å². The molecule has 1 atom stereocenters. The summed E-state index contributed by atoms with van der Waals surface area (Å²) in [5.41, 5.74) is 5.82. The quantitative estimate of drug-likeness (QED) is 0.615. The lowest BCUT2D eigenvalue weighted by molar-refractivity contribution is 0.128. The summed E-state index contributed by atoms with van der Waals surface area (Å²) in [6.07, 6.45) is 5.36. The highest BCUT2D eigenvalue weighted by Gasteiger charge is 2.27. The van der Waals surface area contributed by atoms with Crippen molar-refractivity contribution in [3.8, 4) is 0 Å². The van der Waals surface area contributed by atoms with E-state index in [1.54, 1.807) is 12.7 Å². The topological polar surface area (TPSA) is 52.3 Å². The van der Waals surface area contributed by atoms with Crippen LogP contribution in [0.3, 0.4) is 0 Å². The third kappa shape index (κ3) is 4.03. The summed E-state index contributed by atoms with van der Waals surface area (Å²) >= 11 is 6.05. The van der Waals surface area contributed by atoms with E-state index in [0.29, 0.717) is 11.6 Å². The summed E-state index contributed by atoms with van der Waals surface area (Å²) < 4.78 is 1.86. The zero-order chi connectivity index (χ0) is 18.6. The molecule has 3 aromatic rings. The Labute approximate surface area is 163 Å². The number of hydrogen-bond acceptors (Lipinski definition) is 4. The molecule has 1 heterocycles. The number of aryl methyl sites for hydroxylation is 1. The fourth-order valence-corrected chi connectivity index (χ4v) is 3.82. The number of hydrogen-bond donors (Lipinski definition) is 0. The third-order valence-electron chi connectivity index (χ3n) is 4.97. The van der Waals surface area contributed by atoms with Crippen LogP contribution in [-0.2, 0) is 24.4 Å². The number of nitrogens with zero attached hydrogens (tertiary/aromatic N) is 4. The Morgan fingerprint density at radius 1 is 1.26 bits per heavy atom. The fourth-order valence-electron chi connectivity index (χ4n) is 3.61. The van der Waals surface area contributed by atoms with E-state index in [2.05, 4.69) is 40.4 Å². The van der Waals surface area contributed by atoms with E-state index in [1.165, 1.54) is 16.7 Å². The molecule has 4 rings (SSSR count). The second-order valence-electron chi connectivity index (χ2n) is 6.83. The van der Waals surface area contributed by atoms with Gasteiger partial charge in [-0.2, -0.15) is 5.10 Å². The number of fused-ring (bicyclic) bond motifs is 1. The molecule has 0 aliphatic heterocycles. The van der Waals surface area contributed by atoms with Crippen molar-refractivity contribution in [1.29, 1.82) is 0 Å². The molecule has 27 heavy (non-hydrogen) atoms. The second-order valence-corrected chi connectivity index (χ2v) is 7.27. The molecule has 1 aliphatic rings. The van der Waals surface area contributed by atoms with Crippen molar-refractivity contribution in [3.05, 3.63) is 82.4 Å². The van der Waals surface area contributed by atoms with Gasteiger partial charge >= 0.3 is 0 Å². The SMILES string of the molecule is Cc1cccc2c1CCC(Cn1cncn1)/C2=N/OCc1cccc(Cl)c1. The zero-order valence-corrected chi connectivity index (χ0v) is 15.9. The molecule has 138 valence electrons. The van der Waals surface area contributed by atoms with Crippen LogP contribution in [0.1, 0.15) is 28.7 Å². The molecule has 6 heteroatoms. The highest BCUT2D eigenvalue weighted by atomic mass is 35.5. The van der Waals surface area contributed by atoms with Crippen LogP contribution in [0.2, 0.25) is 5.02 Å². The number of halogens is 1. The van der Waals surface area contributed by atoms with Crippen LogP contribution >= 0.6 is 11.6 Å². The van der Waals surface area contributed by atoms with Crippen LogP contribution in [0.25, 0.3) is 0 Å². The molecule has 0 N–H and O–H groups in total. The second kappa shape index (κ2) is 7.92. The van der Waals surface area contributed by atoms with Gasteiger partial charge in [-0.25, -0.2) is 4.98 Å². The molecule has 0 saturated heterocycles. The normalized spacial score (nSPS) is 17.7. The van der Waals surface area contributed by atoms with Crippen LogP contribution < -0.4 is 0 Å². The first-order chi connectivity index (χ1) is 13.2. The molecular weight excluding hydrogens is 360 g/mol. The molecule has 1 aliphatic carbocycles. The molecular formula is C21H21ClN4O. The van der Waals surface area contributed by atoms with Gasteiger partial charge in [0, 0.05) is 16.5 Å². The van der Waals surface area contributed by atoms with Gasteiger partial charge in [0.15, 0.2) is 0 Å². The van der Waals surface area contributed by atoms with Crippen molar-refractivity contribution < 1.29 is 4.84 Å². The molecule has 1 aromatic heterocycles. The Kier molecular flexibility index (Phi) is 5.21. The maximum Gasteiger partial charge on any atom is 0.142 e. The highest BCUT2D eigenvalue weighted by molar-refractivity contribution is 6.30. The first-order valence-corrected chi connectivity index (χ1v) is 9.44. The number of oxime groups is 1. The van der Waals surface area contributed by atoms with E-state index < -0.39 is 0 Å².